The number of fused-ring (bicyclic) bond motifs is 3. The number of unbranched alkanes of at least 4 members (excludes halogenated alkanes) is 4. The third-order valence-corrected chi connectivity index (χ3v) is 8.43. The molecule has 2 heterocycles. The summed E-state index contributed by atoms with van der Waals surface area (Å²) in [5.74, 6) is 1.29. The number of nitrogens with zero attached hydrogens (tertiary/aromatic N) is 1. The topological polar surface area (TPSA) is 15.3 Å². The highest BCUT2D eigenvalue weighted by molar-refractivity contribution is 5.77. The van der Waals surface area contributed by atoms with Crippen LogP contribution < -0.4 is 5.32 Å². The summed E-state index contributed by atoms with van der Waals surface area (Å²) in [6.07, 6.45) is 16.9. The first-order valence-corrected chi connectivity index (χ1v) is 16.0. The van der Waals surface area contributed by atoms with Crippen LogP contribution in [0.1, 0.15) is 128 Å². The lowest BCUT2D eigenvalue weighted by molar-refractivity contribution is 0.397. The van der Waals surface area contributed by atoms with Crippen LogP contribution in [0.2, 0.25) is 0 Å². The van der Waals surface area contributed by atoms with Crippen molar-refractivity contribution in [3.63, 3.8) is 0 Å². The van der Waals surface area contributed by atoms with Crippen LogP contribution in [0.25, 0.3) is 5.70 Å². The molecular formula is C38H58N2. The van der Waals surface area contributed by atoms with Crippen LogP contribution in [0.3, 0.4) is 0 Å². The molecule has 1 N–H and O–H groups in total. The molecule has 0 unspecified atom stereocenters. The average molecular weight is 543 g/mol. The lowest BCUT2D eigenvalue weighted by Crippen LogP contribution is -2.31. The molecular weight excluding hydrogens is 484 g/mol. The Bertz CT molecular complexity index is 1120. The van der Waals surface area contributed by atoms with E-state index in [1.165, 1.54) is 79.5 Å². The fraction of sp³-hybridized carbons (Fsp3) is 0.579. The van der Waals surface area contributed by atoms with Gasteiger partial charge in [-0.15, -0.1) is 0 Å². The van der Waals surface area contributed by atoms with Crippen LogP contribution in [-0.2, 0) is 12.8 Å². The van der Waals surface area contributed by atoms with Crippen molar-refractivity contribution >= 4 is 5.70 Å². The molecule has 40 heavy (non-hydrogen) atoms. The number of allylic oxidation sites excluding steroid dienone is 5. The molecule has 2 aliphatic rings. The van der Waals surface area contributed by atoms with E-state index >= 15 is 0 Å². The SMILES string of the molecule is C=C(CC(C)(C)C)NCCCCCCCc1cc2c(cc1CC)C1=CC(=C)C(C(=C)C)=CN1C[C@@H]2CCC(C)C. The molecule has 0 amide bonds. The molecule has 0 spiro atoms. The van der Waals surface area contributed by atoms with Gasteiger partial charge in [-0.25, -0.2) is 0 Å². The molecule has 3 rings (SSSR count). The quantitative estimate of drug-likeness (QED) is 0.222. The average Bonchev–Trinajstić information content (AvgIpc) is 2.86. The Morgan fingerprint density at radius 3 is 2.40 bits per heavy atom. The minimum absolute atomic E-state index is 0.305. The van der Waals surface area contributed by atoms with E-state index in [0.717, 1.165) is 43.0 Å². The first-order valence-electron chi connectivity index (χ1n) is 16.0. The zero-order chi connectivity index (χ0) is 29.4. The Morgan fingerprint density at radius 1 is 1.05 bits per heavy atom. The predicted molar refractivity (Wildman–Crippen MR) is 177 cm³/mol. The second-order valence-electron chi connectivity index (χ2n) is 14.0. The maximum atomic E-state index is 4.38. The van der Waals surface area contributed by atoms with Crippen molar-refractivity contribution in [2.45, 2.75) is 119 Å². The smallest absolute Gasteiger partial charge is 0.0489 e. The number of aryl methyl sites for hydroxylation is 2. The first kappa shape index (κ1) is 32.0. The summed E-state index contributed by atoms with van der Waals surface area (Å²) >= 11 is 0. The summed E-state index contributed by atoms with van der Waals surface area (Å²) in [6.45, 7) is 30.8. The minimum Gasteiger partial charge on any atom is -0.389 e. The number of benzene rings is 1. The molecule has 2 aliphatic heterocycles. The molecule has 1 atom stereocenters. The maximum Gasteiger partial charge on any atom is 0.0489 e. The van der Waals surface area contributed by atoms with E-state index in [0.29, 0.717) is 11.3 Å². The molecule has 0 bridgehead atoms. The van der Waals surface area contributed by atoms with Gasteiger partial charge in [0, 0.05) is 42.2 Å². The van der Waals surface area contributed by atoms with E-state index < -0.39 is 0 Å². The zero-order valence-corrected chi connectivity index (χ0v) is 27.0. The second-order valence-corrected chi connectivity index (χ2v) is 14.0. The van der Waals surface area contributed by atoms with E-state index in [1.807, 2.05) is 0 Å². The van der Waals surface area contributed by atoms with Gasteiger partial charge in [0.15, 0.2) is 0 Å². The standard InChI is InChI=1S/C38H58N2/c1-11-31-22-35-34(23-32(31)17-15-13-12-14-16-20-39-30(7)24-38(8,9)10)33(19-18-27(2)3)25-40-26-36(28(4)5)29(6)21-37(35)40/h21-23,26-27,33,39H,4,6-7,11-20,24-25H2,1-3,5,8-10H3/t33-/m0/s1. The summed E-state index contributed by atoms with van der Waals surface area (Å²) in [4.78, 5) is 2.48. The second kappa shape index (κ2) is 14.4. The highest BCUT2D eigenvalue weighted by Gasteiger charge is 2.31. The Kier molecular flexibility index (Phi) is 11.6. The maximum absolute atomic E-state index is 4.38. The predicted octanol–water partition coefficient (Wildman–Crippen LogP) is 10.5. The van der Waals surface area contributed by atoms with Gasteiger partial charge >= 0.3 is 0 Å². The third-order valence-electron chi connectivity index (χ3n) is 8.43. The van der Waals surface area contributed by atoms with Gasteiger partial charge in [0.05, 0.1) is 0 Å². The molecule has 2 heteroatoms. The van der Waals surface area contributed by atoms with Gasteiger partial charge in [-0.2, -0.15) is 0 Å². The fourth-order valence-electron chi connectivity index (χ4n) is 6.29. The van der Waals surface area contributed by atoms with Crippen molar-refractivity contribution in [3.05, 3.63) is 88.8 Å². The van der Waals surface area contributed by atoms with Gasteiger partial charge in [0.2, 0.25) is 0 Å². The molecule has 0 fully saturated rings. The lowest BCUT2D eigenvalue weighted by atomic mass is 9.79. The van der Waals surface area contributed by atoms with Crippen molar-refractivity contribution in [1.82, 2.24) is 10.2 Å². The van der Waals surface area contributed by atoms with Crippen LogP contribution in [-0.4, -0.2) is 18.0 Å². The van der Waals surface area contributed by atoms with Crippen LogP contribution in [0.4, 0.5) is 0 Å². The monoisotopic (exact) mass is 542 g/mol. The highest BCUT2D eigenvalue weighted by atomic mass is 15.1. The summed E-state index contributed by atoms with van der Waals surface area (Å²) in [7, 11) is 0. The van der Waals surface area contributed by atoms with E-state index in [1.54, 1.807) is 11.1 Å². The molecule has 0 saturated carbocycles. The normalized spacial score (nSPS) is 16.9. The van der Waals surface area contributed by atoms with Gasteiger partial charge < -0.3 is 10.2 Å². The first-order chi connectivity index (χ1) is 18.9. The highest BCUT2D eigenvalue weighted by Crippen LogP contribution is 2.43. The number of rotatable bonds is 15. The molecule has 2 nitrogen and oxygen atoms in total. The van der Waals surface area contributed by atoms with Crippen molar-refractivity contribution in [2.24, 2.45) is 11.3 Å². The van der Waals surface area contributed by atoms with Gasteiger partial charge in [0.25, 0.3) is 0 Å². The Balaban J connectivity index is 1.65. The number of nitrogens with one attached hydrogen (secondary N) is 1. The van der Waals surface area contributed by atoms with Crippen molar-refractivity contribution in [1.29, 1.82) is 0 Å². The summed E-state index contributed by atoms with van der Waals surface area (Å²) in [6, 6.07) is 5.12. The number of hydrogen-bond donors (Lipinski definition) is 1. The molecule has 1 aromatic rings. The van der Waals surface area contributed by atoms with Crippen LogP contribution >= 0.6 is 0 Å². The van der Waals surface area contributed by atoms with E-state index in [4.69, 9.17) is 0 Å². The van der Waals surface area contributed by atoms with Crippen molar-refractivity contribution in [2.75, 3.05) is 13.1 Å². The third kappa shape index (κ3) is 9.02. The Morgan fingerprint density at radius 2 is 1.75 bits per heavy atom. The minimum atomic E-state index is 0.305. The molecule has 0 saturated heterocycles. The van der Waals surface area contributed by atoms with Gasteiger partial charge in [0.1, 0.15) is 0 Å². The summed E-state index contributed by atoms with van der Waals surface area (Å²) in [5, 5.41) is 3.54. The van der Waals surface area contributed by atoms with Crippen LogP contribution in [0.15, 0.2) is 66.6 Å². The number of hydrogen-bond acceptors (Lipinski definition) is 2. The largest absolute Gasteiger partial charge is 0.389 e. The van der Waals surface area contributed by atoms with Crippen molar-refractivity contribution in [3.8, 4) is 0 Å². The molecule has 1 aromatic carbocycles. The van der Waals surface area contributed by atoms with E-state index in [2.05, 4.69) is 103 Å². The van der Waals surface area contributed by atoms with Gasteiger partial charge in [-0.05, 0) is 102 Å². The van der Waals surface area contributed by atoms with E-state index in [-0.39, 0.29) is 0 Å². The summed E-state index contributed by atoms with van der Waals surface area (Å²) in [5.41, 5.74) is 12.3. The molecule has 0 aliphatic carbocycles. The van der Waals surface area contributed by atoms with Crippen LogP contribution in [0, 0.1) is 11.3 Å². The fourth-order valence-corrected chi connectivity index (χ4v) is 6.29. The summed E-state index contributed by atoms with van der Waals surface area (Å²) < 4.78 is 0. The van der Waals surface area contributed by atoms with Crippen molar-refractivity contribution < 1.29 is 0 Å². The molecule has 220 valence electrons. The molecule has 0 radical (unpaired) electrons. The van der Waals surface area contributed by atoms with Gasteiger partial charge in [-0.3, -0.25) is 0 Å². The van der Waals surface area contributed by atoms with E-state index in [9.17, 15) is 0 Å². The van der Waals surface area contributed by atoms with Gasteiger partial charge in [-0.1, -0.05) is 93.0 Å². The Hall–Kier alpha value is -2.48. The van der Waals surface area contributed by atoms with Crippen LogP contribution in [0.5, 0.6) is 0 Å². The zero-order valence-electron chi connectivity index (χ0n) is 27.0. The lowest BCUT2D eigenvalue weighted by Gasteiger charge is -2.40. The Labute approximate surface area is 247 Å². The molecule has 0 aromatic heterocycles.